The highest BCUT2D eigenvalue weighted by atomic mass is 19.3. The first-order chi connectivity index (χ1) is 12.5. The predicted molar refractivity (Wildman–Crippen MR) is 91.3 cm³/mol. The number of alkyl halides is 2. The number of halogens is 4. The lowest BCUT2D eigenvalue weighted by Gasteiger charge is -2.42. The molecule has 9 heteroatoms. The van der Waals surface area contributed by atoms with E-state index in [-0.39, 0.29) is 23.6 Å². The van der Waals surface area contributed by atoms with Crippen molar-refractivity contribution in [3.63, 3.8) is 0 Å². The first-order valence-corrected chi connectivity index (χ1v) is 8.10. The maximum Gasteiger partial charge on any atom is 0.304 e. The summed E-state index contributed by atoms with van der Waals surface area (Å²) in [6.07, 6.45) is 3.83. The van der Waals surface area contributed by atoms with Gasteiger partial charge in [0.05, 0.1) is 0 Å². The van der Waals surface area contributed by atoms with E-state index in [0.29, 0.717) is 6.07 Å². The molecule has 1 aromatic carbocycles. The van der Waals surface area contributed by atoms with Gasteiger partial charge in [-0.25, -0.2) is 27.5 Å². The van der Waals surface area contributed by atoms with Crippen LogP contribution in [0.4, 0.5) is 17.6 Å². The molecule has 0 fully saturated rings. The molecule has 0 bridgehead atoms. The number of benzene rings is 1. The van der Waals surface area contributed by atoms with E-state index in [2.05, 4.69) is 15.0 Å². The lowest BCUT2D eigenvalue weighted by atomic mass is 9.77. The lowest BCUT2D eigenvalue weighted by molar-refractivity contribution is -0.214. The fourth-order valence-electron chi connectivity index (χ4n) is 3.13. The Morgan fingerprint density at radius 1 is 1.04 bits per heavy atom. The monoisotopic (exact) mass is 382 g/mol. The fourth-order valence-corrected chi connectivity index (χ4v) is 3.13. The molecule has 0 saturated heterocycles. The number of aromatic nitrogens is 2. The zero-order valence-electron chi connectivity index (χ0n) is 14.9. The van der Waals surface area contributed by atoms with Crippen LogP contribution in [0.25, 0.3) is 11.1 Å². The van der Waals surface area contributed by atoms with Crippen LogP contribution in [0.5, 0.6) is 0 Å². The SMILES string of the molecule is CC1(C)OCC(N)=N[C@](C)(c2cc(-c3cncnc3)c(F)cc2F)C1(F)F. The Labute approximate surface area is 153 Å². The summed E-state index contributed by atoms with van der Waals surface area (Å²) in [5.41, 5.74) is 0.863. The van der Waals surface area contributed by atoms with E-state index in [1.807, 2.05) is 0 Å². The summed E-state index contributed by atoms with van der Waals surface area (Å²) >= 11 is 0. The molecular formula is C18H18F4N4O. The molecule has 1 aliphatic rings. The summed E-state index contributed by atoms with van der Waals surface area (Å²) in [6, 6.07) is 1.54. The second-order valence-electron chi connectivity index (χ2n) is 6.99. The topological polar surface area (TPSA) is 73.4 Å². The molecule has 0 aliphatic carbocycles. The molecule has 2 heterocycles. The van der Waals surface area contributed by atoms with Crippen molar-refractivity contribution in [2.75, 3.05) is 6.61 Å². The van der Waals surface area contributed by atoms with Gasteiger partial charge in [-0.2, -0.15) is 0 Å². The second-order valence-corrected chi connectivity index (χ2v) is 6.99. The summed E-state index contributed by atoms with van der Waals surface area (Å²) in [7, 11) is 0. The number of ether oxygens (including phenoxy) is 1. The second kappa shape index (κ2) is 6.26. The highest BCUT2D eigenvalue weighted by Gasteiger charge is 2.64. The van der Waals surface area contributed by atoms with Crippen molar-refractivity contribution in [2.45, 2.75) is 37.8 Å². The number of amidine groups is 1. The van der Waals surface area contributed by atoms with Gasteiger partial charge in [0, 0.05) is 35.2 Å². The number of hydrogen-bond donors (Lipinski definition) is 1. The third-order valence-corrected chi connectivity index (χ3v) is 4.77. The molecule has 1 aliphatic heterocycles. The summed E-state index contributed by atoms with van der Waals surface area (Å²) < 4.78 is 65.0. The molecule has 0 unspecified atom stereocenters. The minimum Gasteiger partial charge on any atom is -0.385 e. The zero-order valence-corrected chi connectivity index (χ0v) is 14.9. The van der Waals surface area contributed by atoms with E-state index in [1.54, 1.807) is 0 Å². The standard InChI is InChI=1S/C18H18F4N4O/c1-16(2)18(21,22)17(3,26-15(23)8-27-16)12-4-11(13(19)5-14(12)20)10-6-24-9-25-7-10/h4-7,9H,8H2,1-3H3,(H2,23,26)/t17-/m1/s1. The zero-order chi connectivity index (χ0) is 20.0. The number of nitrogens with two attached hydrogens (primary N) is 1. The van der Waals surface area contributed by atoms with Crippen molar-refractivity contribution in [1.29, 1.82) is 0 Å². The molecule has 0 saturated carbocycles. The van der Waals surface area contributed by atoms with E-state index in [9.17, 15) is 8.78 Å². The van der Waals surface area contributed by atoms with Crippen LogP contribution >= 0.6 is 0 Å². The van der Waals surface area contributed by atoms with Crippen LogP contribution in [0.15, 0.2) is 35.8 Å². The normalized spacial score (nSPS) is 24.2. The molecular weight excluding hydrogens is 364 g/mol. The van der Waals surface area contributed by atoms with Crippen LogP contribution in [-0.4, -0.2) is 33.9 Å². The van der Waals surface area contributed by atoms with Gasteiger partial charge in [-0.05, 0) is 26.8 Å². The molecule has 1 aromatic heterocycles. The molecule has 2 N–H and O–H groups in total. The van der Waals surface area contributed by atoms with Crippen LogP contribution in [-0.2, 0) is 10.3 Å². The van der Waals surface area contributed by atoms with Gasteiger partial charge in [0.15, 0.2) is 5.54 Å². The van der Waals surface area contributed by atoms with Crippen molar-refractivity contribution in [3.05, 3.63) is 48.1 Å². The predicted octanol–water partition coefficient (Wildman–Crippen LogP) is 3.44. The Morgan fingerprint density at radius 3 is 2.30 bits per heavy atom. The molecule has 144 valence electrons. The summed E-state index contributed by atoms with van der Waals surface area (Å²) in [5, 5.41) is 0. The van der Waals surface area contributed by atoms with Gasteiger partial charge in [-0.15, -0.1) is 0 Å². The molecule has 27 heavy (non-hydrogen) atoms. The van der Waals surface area contributed by atoms with Crippen molar-refractivity contribution in [1.82, 2.24) is 9.97 Å². The first-order valence-electron chi connectivity index (χ1n) is 8.10. The van der Waals surface area contributed by atoms with Gasteiger partial charge in [-0.1, -0.05) is 0 Å². The van der Waals surface area contributed by atoms with Gasteiger partial charge in [0.25, 0.3) is 0 Å². The first kappa shape index (κ1) is 19.2. The van der Waals surface area contributed by atoms with Gasteiger partial charge >= 0.3 is 5.92 Å². The molecule has 1 atom stereocenters. The number of aliphatic imine (C=N–C) groups is 1. The smallest absolute Gasteiger partial charge is 0.304 e. The largest absolute Gasteiger partial charge is 0.385 e. The Kier molecular flexibility index (Phi) is 4.46. The molecule has 3 rings (SSSR count). The molecule has 2 aromatic rings. The van der Waals surface area contributed by atoms with Gasteiger partial charge in [-0.3, -0.25) is 4.99 Å². The third-order valence-electron chi connectivity index (χ3n) is 4.77. The molecule has 0 radical (unpaired) electrons. The summed E-state index contributed by atoms with van der Waals surface area (Å²) in [4.78, 5) is 11.4. The van der Waals surface area contributed by atoms with E-state index < -0.39 is 34.3 Å². The quantitative estimate of drug-likeness (QED) is 0.808. The molecule has 5 nitrogen and oxygen atoms in total. The summed E-state index contributed by atoms with van der Waals surface area (Å²) in [5.74, 6) is -5.97. The molecule has 0 spiro atoms. The van der Waals surface area contributed by atoms with Crippen molar-refractivity contribution in [2.24, 2.45) is 10.7 Å². The maximum absolute atomic E-state index is 15.4. The van der Waals surface area contributed by atoms with Crippen LogP contribution in [0.2, 0.25) is 0 Å². The Hall–Kier alpha value is -2.55. The number of hydrogen-bond acceptors (Lipinski definition) is 5. The van der Waals surface area contributed by atoms with Crippen LogP contribution in [0.1, 0.15) is 26.3 Å². The summed E-state index contributed by atoms with van der Waals surface area (Å²) in [6.45, 7) is 3.07. The van der Waals surface area contributed by atoms with Crippen LogP contribution < -0.4 is 5.73 Å². The number of rotatable bonds is 2. The number of nitrogens with zero attached hydrogens (tertiary/aromatic N) is 3. The van der Waals surface area contributed by atoms with Gasteiger partial charge in [0.2, 0.25) is 0 Å². The maximum atomic E-state index is 15.4. The highest BCUT2D eigenvalue weighted by molar-refractivity contribution is 5.82. The Balaban J connectivity index is 2.29. The van der Waals surface area contributed by atoms with E-state index in [0.717, 1.165) is 13.0 Å². The average molecular weight is 382 g/mol. The van der Waals surface area contributed by atoms with Crippen molar-refractivity contribution < 1.29 is 22.3 Å². The lowest BCUT2D eigenvalue weighted by Crippen LogP contribution is -2.56. The van der Waals surface area contributed by atoms with Crippen LogP contribution in [0, 0.1) is 11.6 Å². The Morgan fingerprint density at radius 2 is 1.67 bits per heavy atom. The van der Waals surface area contributed by atoms with Gasteiger partial charge < -0.3 is 10.5 Å². The minimum atomic E-state index is -3.66. The minimum absolute atomic E-state index is 0.124. The fraction of sp³-hybridized carbons (Fsp3) is 0.389. The Bertz CT molecular complexity index is 902. The van der Waals surface area contributed by atoms with E-state index in [4.69, 9.17) is 10.5 Å². The van der Waals surface area contributed by atoms with Crippen LogP contribution in [0.3, 0.4) is 0 Å². The van der Waals surface area contributed by atoms with Crippen molar-refractivity contribution >= 4 is 5.84 Å². The van der Waals surface area contributed by atoms with Gasteiger partial charge in [0.1, 0.15) is 36.0 Å². The van der Waals surface area contributed by atoms with E-state index in [1.165, 1.54) is 32.6 Å². The third kappa shape index (κ3) is 2.95. The van der Waals surface area contributed by atoms with Crippen molar-refractivity contribution in [3.8, 4) is 11.1 Å². The van der Waals surface area contributed by atoms with E-state index >= 15 is 8.78 Å². The molecule has 0 amide bonds. The average Bonchev–Trinajstić information content (AvgIpc) is 2.65. The highest BCUT2D eigenvalue weighted by Crippen LogP contribution is 2.51.